The van der Waals surface area contributed by atoms with Crippen LogP contribution in [0.25, 0.3) is 0 Å². The molecule has 1 aromatic rings. The first-order valence-corrected chi connectivity index (χ1v) is 4.84. The summed E-state index contributed by atoms with van der Waals surface area (Å²) in [5, 5.41) is 0. The van der Waals surface area contributed by atoms with Crippen molar-refractivity contribution < 1.29 is 0 Å². The van der Waals surface area contributed by atoms with Gasteiger partial charge in [0.1, 0.15) is 0 Å². The third kappa shape index (κ3) is 2.44. The van der Waals surface area contributed by atoms with Gasteiger partial charge in [0.15, 0.2) is 0 Å². The molecular formula is C11H17NO. The number of hydrogen-bond acceptors (Lipinski definition) is 1. The standard InChI is InChI=1S/C11H17NO/c1-4-5-9(3)10-6-8(2)7-12-11(10)13/h6-7,9H,4-5H2,1-3H3,(H,12,13). The van der Waals surface area contributed by atoms with E-state index >= 15 is 0 Å². The van der Waals surface area contributed by atoms with Gasteiger partial charge in [-0.3, -0.25) is 4.79 Å². The highest BCUT2D eigenvalue weighted by Crippen LogP contribution is 2.17. The lowest BCUT2D eigenvalue weighted by molar-refractivity contribution is 0.657. The number of nitrogens with one attached hydrogen (secondary N) is 1. The van der Waals surface area contributed by atoms with Gasteiger partial charge in [-0.2, -0.15) is 0 Å². The zero-order chi connectivity index (χ0) is 9.84. The maximum atomic E-state index is 11.4. The van der Waals surface area contributed by atoms with Gasteiger partial charge < -0.3 is 4.98 Å². The fraction of sp³-hybridized carbons (Fsp3) is 0.545. The molecule has 1 aromatic heterocycles. The van der Waals surface area contributed by atoms with Crippen molar-refractivity contribution in [1.82, 2.24) is 4.98 Å². The molecule has 1 heterocycles. The van der Waals surface area contributed by atoms with Gasteiger partial charge in [0.25, 0.3) is 5.56 Å². The first-order valence-electron chi connectivity index (χ1n) is 4.84. The van der Waals surface area contributed by atoms with E-state index in [2.05, 4.69) is 18.8 Å². The second-order valence-electron chi connectivity index (χ2n) is 3.65. The molecule has 13 heavy (non-hydrogen) atoms. The Bertz CT molecular complexity index is 327. The largest absolute Gasteiger partial charge is 0.329 e. The molecule has 0 saturated heterocycles. The molecule has 0 fully saturated rings. The van der Waals surface area contributed by atoms with E-state index in [0.29, 0.717) is 5.92 Å². The van der Waals surface area contributed by atoms with E-state index < -0.39 is 0 Å². The molecule has 1 rings (SSSR count). The maximum Gasteiger partial charge on any atom is 0.251 e. The van der Waals surface area contributed by atoms with Gasteiger partial charge in [-0.25, -0.2) is 0 Å². The molecule has 0 aromatic carbocycles. The molecule has 0 aliphatic carbocycles. The van der Waals surface area contributed by atoms with Crippen molar-refractivity contribution in [2.75, 3.05) is 0 Å². The predicted molar refractivity (Wildman–Crippen MR) is 55.1 cm³/mol. The van der Waals surface area contributed by atoms with Crippen LogP contribution in [0.3, 0.4) is 0 Å². The lowest BCUT2D eigenvalue weighted by Crippen LogP contribution is -2.14. The Morgan fingerprint density at radius 3 is 2.85 bits per heavy atom. The highest BCUT2D eigenvalue weighted by molar-refractivity contribution is 5.20. The minimum Gasteiger partial charge on any atom is -0.329 e. The molecule has 72 valence electrons. The summed E-state index contributed by atoms with van der Waals surface area (Å²) in [5.41, 5.74) is 2.10. The Balaban J connectivity index is 2.99. The maximum absolute atomic E-state index is 11.4. The summed E-state index contributed by atoms with van der Waals surface area (Å²) in [6, 6.07) is 1.99. The molecule has 1 atom stereocenters. The number of aromatic nitrogens is 1. The molecule has 0 amide bonds. The van der Waals surface area contributed by atoms with Crippen molar-refractivity contribution in [2.24, 2.45) is 0 Å². The average molecular weight is 179 g/mol. The highest BCUT2D eigenvalue weighted by Gasteiger charge is 2.08. The van der Waals surface area contributed by atoms with Crippen molar-refractivity contribution in [3.8, 4) is 0 Å². The third-order valence-corrected chi connectivity index (χ3v) is 2.33. The summed E-state index contributed by atoms with van der Waals surface area (Å²) < 4.78 is 0. The fourth-order valence-corrected chi connectivity index (χ4v) is 1.57. The van der Waals surface area contributed by atoms with E-state index in [9.17, 15) is 4.79 Å². The smallest absolute Gasteiger partial charge is 0.251 e. The molecule has 0 aliphatic rings. The van der Waals surface area contributed by atoms with Crippen LogP contribution in [0.2, 0.25) is 0 Å². The molecular weight excluding hydrogens is 162 g/mol. The van der Waals surface area contributed by atoms with Gasteiger partial charge in [0.05, 0.1) is 0 Å². The minimum absolute atomic E-state index is 0.0616. The van der Waals surface area contributed by atoms with Crippen LogP contribution in [0.1, 0.15) is 43.7 Å². The van der Waals surface area contributed by atoms with Crippen molar-refractivity contribution >= 4 is 0 Å². The summed E-state index contributed by atoms with van der Waals surface area (Å²) in [7, 11) is 0. The molecule has 0 bridgehead atoms. The molecule has 2 nitrogen and oxygen atoms in total. The molecule has 2 heteroatoms. The molecule has 0 radical (unpaired) electrons. The lowest BCUT2D eigenvalue weighted by atomic mass is 9.97. The minimum atomic E-state index is 0.0616. The van der Waals surface area contributed by atoms with Crippen LogP contribution < -0.4 is 5.56 Å². The summed E-state index contributed by atoms with van der Waals surface area (Å²) in [6.07, 6.45) is 3.95. The Hall–Kier alpha value is -1.05. The Kier molecular flexibility index (Phi) is 3.29. The SMILES string of the molecule is CCCC(C)c1cc(C)c[nH]c1=O. The predicted octanol–water partition coefficient (Wildman–Crippen LogP) is 2.59. The Morgan fingerprint density at radius 2 is 2.23 bits per heavy atom. The molecule has 0 aliphatic heterocycles. The van der Waals surface area contributed by atoms with Gasteiger partial charge in [0.2, 0.25) is 0 Å². The second kappa shape index (κ2) is 4.26. The topological polar surface area (TPSA) is 32.9 Å². The average Bonchev–Trinajstić information content (AvgIpc) is 2.09. The molecule has 1 N–H and O–H groups in total. The number of aryl methyl sites for hydroxylation is 1. The normalized spacial score (nSPS) is 12.8. The van der Waals surface area contributed by atoms with Gasteiger partial charge in [-0.15, -0.1) is 0 Å². The summed E-state index contributed by atoms with van der Waals surface area (Å²) in [6.45, 7) is 6.24. The Labute approximate surface area is 79.0 Å². The van der Waals surface area contributed by atoms with E-state index in [1.54, 1.807) is 6.20 Å². The quantitative estimate of drug-likeness (QED) is 0.760. The number of hydrogen-bond donors (Lipinski definition) is 1. The van der Waals surface area contributed by atoms with Gasteiger partial charge in [-0.1, -0.05) is 20.3 Å². The van der Waals surface area contributed by atoms with Gasteiger partial charge in [0, 0.05) is 11.8 Å². The van der Waals surface area contributed by atoms with Gasteiger partial charge in [-0.05, 0) is 30.9 Å². The van der Waals surface area contributed by atoms with Crippen molar-refractivity contribution in [2.45, 2.75) is 39.5 Å². The van der Waals surface area contributed by atoms with Crippen LogP contribution in [0.4, 0.5) is 0 Å². The summed E-state index contributed by atoms with van der Waals surface area (Å²) in [4.78, 5) is 14.2. The molecule has 0 spiro atoms. The van der Waals surface area contributed by atoms with Crippen molar-refractivity contribution in [3.05, 3.63) is 33.7 Å². The van der Waals surface area contributed by atoms with E-state index in [1.807, 2.05) is 13.0 Å². The number of rotatable bonds is 3. The van der Waals surface area contributed by atoms with Crippen LogP contribution in [0.5, 0.6) is 0 Å². The zero-order valence-corrected chi connectivity index (χ0v) is 8.55. The first kappa shape index (κ1) is 10.0. The van der Waals surface area contributed by atoms with Crippen LogP contribution >= 0.6 is 0 Å². The molecule has 1 unspecified atom stereocenters. The van der Waals surface area contributed by atoms with Crippen LogP contribution in [0.15, 0.2) is 17.1 Å². The number of pyridine rings is 1. The summed E-state index contributed by atoms with van der Waals surface area (Å²) >= 11 is 0. The van der Waals surface area contributed by atoms with E-state index in [4.69, 9.17) is 0 Å². The van der Waals surface area contributed by atoms with Crippen LogP contribution in [-0.2, 0) is 0 Å². The number of aromatic amines is 1. The summed E-state index contributed by atoms with van der Waals surface area (Å²) in [5.74, 6) is 0.369. The molecule has 0 saturated carbocycles. The zero-order valence-electron chi connectivity index (χ0n) is 8.55. The van der Waals surface area contributed by atoms with Crippen molar-refractivity contribution in [3.63, 3.8) is 0 Å². The second-order valence-corrected chi connectivity index (χ2v) is 3.65. The highest BCUT2D eigenvalue weighted by atomic mass is 16.1. The third-order valence-electron chi connectivity index (χ3n) is 2.33. The van der Waals surface area contributed by atoms with E-state index in [-0.39, 0.29) is 5.56 Å². The van der Waals surface area contributed by atoms with Crippen molar-refractivity contribution in [1.29, 1.82) is 0 Å². The Morgan fingerprint density at radius 1 is 1.54 bits per heavy atom. The monoisotopic (exact) mass is 179 g/mol. The van der Waals surface area contributed by atoms with Crippen LogP contribution in [0, 0.1) is 6.92 Å². The van der Waals surface area contributed by atoms with E-state index in [1.165, 1.54) is 0 Å². The lowest BCUT2D eigenvalue weighted by Gasteiger charge is -2.09. The number of H-pyrrole nitrogens is 1. The van der Waals surface area contributed by atoms with Crippen LogP contribution in [-0.4, -0.2) is 4.98 Å². The van der Waals surface area contributed by atoms with E-state index in [0.717, 1.165) is 24.0 Å². The van der Waals surface area contributed by atoms with Gasteiger partial charge >= 0.3 is 0 Å². The first-order chi connectivity index (χ1) is 6.15. The fourth-order valence-electron chi connectivity index (χ4n) is 1.57.